The van der Waals surface area contributed by atoms with Gasteiger partial charge in [0.25, 0.3) is 0 Å². The number of pyridine rings is 1. The van der Waals surface area contributed by atoms with Crippen LogP contribution in [-0.4, -0.2) is 19.4 Å². The molecule has 0 atom stereocenters. The fourth-order valence-corrected chi connectivity index (χ4v) is 7.90. The highest BCUT2D eigenvalue weighted by atomic mass is 15.1. The second-order valence-corrected chi connectivity index (χ2v) is 14.2. The van der Waals surface area contributed by atoms with Gasteiger partial charge in [0.05, 0.1) is 28.1 Å². The Bertz CT molecular complexity index is 2770. The van der Waals surface area contributed by atoms with Gasteiger partial charge in [0.1, 0.15) is 5.65 Å². The van der Waals surface area contributed by atoms with Crippen molar-refractivity contribution in [3.8, 4) is 44.9 Å². The standard InChI is InChI=1S/C48H35N5/c1-48(2)40-15-7-6-14-38(40)39-28-27-37(30-41(39)48)53(35-23-19-32(20-24-35)44-31-52-29-11-10-18-45(52)49-44)36-25-21-34(22-26-36)47-46(33-12-4-3-5-13-33)50-42-16-8-9-17-43(42)51-47/h3-31H,1-2H3. The summed E-state index contributed by atoms with van der Waals surface area (Å²) in [7, 11) is 0. The lowest BCUT2D eigenvalue weighted by atomic mass is 9.82. The largest absolute Gasteiger partial charge is 0.310 e. The zero-order valence-corrected chi connectivity index (χ0v) is 29.5. The van der Waals surface area contributed by atoms with Crippen molar-refractivity contribution in [2.24, 2.45) is 0 Å². The van der Waals surface area contributed by atoms with E-state index in [2.05, 4.69) is 132 Å². The maximum Gasteiger partial charge on any atom is 0.137 e. The number of benzene rings is 6. The second kappa shape index (κ2) is 12.1. The number of aromatic nitrogens is 4. The number of hydrogen-bond donors (Lipinski definition) is 0. The third kappa shape index (κ3) is 5.20. The molecule has 0 saturated heterocycles. The van der Waals surface area contributed by atoms with Gasteiger partial charge < -0.3 is 9.30 Å². The Morgan fingerprint density at radius 1 is 0.472 bits per heavy atom. The van der Waals surface area contributed by atoms with Crippen molar-refractivity contribution in [3.05, 3.63) is 187 Å². The number of para-hydroxylation sites is 2. The maximum absolute atomic E-state index is 5.16. The van der Waals surface area contributed by atoms with Crippen LogP contribution in [0.25, 0.3) is 61.6 Å². The molecule has 5 nitrogen and oxygen atoms in total. The Morgan fingerprint density at radius 3 is 1.74 bits per heavy atom. The molecule has 0 unspecified atom stereocenters. The monoisotopic (exact) mass is 681 g/mol. The molecule has 0 bridgehead atoms. The molecular formula is C48H35N5. The van der Waals surface area contributed by atoms with E-state index in [1.165, 1.54) is 22.3 Å². The minimum absolute atomic E-state index is 0.118. The highest BCUT2D eigenvalue weighted by molar-refractivity contribution is 5.89. The van der Waals surface area contributed by atoms with E-state index in [9.17, 15) is 0 Å². The SMILES string of the molecule is CC1(C)c2ccccc2-c2ccc(N(c3ccc(-c4cn5ccccc5n4)cc3)c3ccc(-c4nc5ccccc5nc4-c4ccccc4)cc3)cc21. The molecule has 3 heterocycles. The minimum Gasteiger partial charge on any atom is -0.310 e. The van der Waals surface area contributed by atoms with Gasteiger partial charge in [0.15, 0.2) is 0 Å². The summed E-state index contributed by atoms with van der Waals surface area (Å²) in [6, 6.07) is 57.7. The van der Waals surface area contributed by atoms with Crippen molar-refractivity contribution in [1.82, 2.24) is 19.4 Å². The highest BCUT2D eigenvalue weighted by Gasteiger charge is 2.35. The molecule has 0 aliphatic heterocycles. The molecule has 252 valence electrons. The van der Waals surface area contributed by atoms with Crippen molar-refractivity contribution < 1.29 is 0 Å². The van der Waals surface area contributed by atoms with Crippen LogP contribution in [0.5, 0.6) is 0 Å². The van der Waals surface area contributed by atoms with E-state index >= 15 is 0 Å². The number of anilines is 3. The van der Waals surface area contributed by atoms with Crippen molar-refractivity contribution in [2.45, 2.75) is 19.3 Å². The molecule has 0 spiro atoms. The predicted octanol–water partition coefficient (Wildman–Crippen LogP) is 12.1. The van der Waals surface area contributed by atoms with Gasteiger partial charge in [-0.2, -0.15) is 0 Å². The van der Waals surface area contributed by atoms with Crippen LogP contribution in [0, 0.1) is 0 Å². The molecule has 0 radical (unpaired) electrons. The molecule has 3 aromatic heterocycles. The van der Waals surface area contributed by atoms with Gasteiger partial charge in [-0.3, -0.25) is 0 Å². The summed E-state index contributed by atoms with van der Waals surface area (Å²) in [5.74, 6) is 0. The van der Waals surface area contributed by atoms with Crippen molar-refractivity contribution in [2.75, 3.05) is 4.90 Å². The van der Waals surface area contributed by atoms with Gasteiger partial charge in [-0.15, -0.1) is 0 Å². The first-order chi connectivity index (χ1) is 26.0. The molecule has 6 aromatic carbocycles. The lowest BCUT2D eigenvalue weighted by Crippen LogP contribution is -2.16. The maximum atomic E-state index is 5.16. The van der Waals surface area contributed by atoms with Gasteiger partial charge in [-0.05, 0) is 82.9 Å². The molecule has 0 amide bonds. The summed E-state index contributed by atoms with van der Waals surface area (Å²) in [6.45, 7) is 4.66. The molecule has 9 aromatic rings. The third-order valence-corrected chi connectivity index (χ3v) is 10.6. The summed E-state index contributed by atoms with van der Waals surface area (Å²) < 4.78 is 2.06. The van der Waals surface area contributed by atoms with Crippen molar-refractivity contribution in [1.29, 1.82) is 0 Å². The first-order valence-corrected chi connectivity index (χ1v) is 18.0. The van der Waals surface area contributed by atoms with E-state index in [1.807, 2.05) is 66.9 Å². The normalized spacial score (nSPS) is 12.9. The summed E-state index contributed by atoms with van der Waals surface area (Å²) in [6.07, 6.45) is 4.12. The Labute approximate surface area is 308 Å². The Hall–Kier alpha value is -6.85. The summed E-state index contributed by atoms with van der Waals surface area (Å²) in [4.78, 5) is 17.5. The Morgan fingerprint density at radius 2 is 1.04 bits per heavy atom. The van der Waals surface area contributed by atoms with Crippen LogP contribution < -0.4 is 4.90 Å². The molecule has 0 N–H and O–H groups in total. The third-order valence-electron chi connectivity index (χ3n) is 10.6. The number of hydrogen-bond acceptors (Lipinski definition) is 4. The molecule has 10 rings (SSSR count). The molecule has 53 heavy (non-hydrogen) atoms. The van der Waals surface area contributed by atoms with Crippen molar-refractivity contribution in [3.63, 3.8) is 0 Å². The van der Waals surface area contributed by atoms with E-state index in [1.54, 1.807) is 0 Å². The van der Waals surface area contributed by atoms with Crippen molar-refractivity contribution >= 4 is 33.7 Å². The molecule has 5 heteroatoms. The average molecular weight is 682 g/mol. The lowest BCUT2D eigenvalue weighted by Gasteiger charge is -2.28. The molecule has 1 aliphatic rings. The van der Waals surface area contributed by atoms with E-state index in [0.717, 1.165) is 67.5 Å². The Kier molecular flexibility index (Phi) is 7.08. The highest BCUT2D eigenvalue weighted by Crippen LogP contribution is 2.50. The van der Waals surface area contributed by atoms with Gasteiger partial charge in [-0.1, -0.05) is 117 Å². The first kappa shape index (κ1) is 30.9. The van der Waals surface area contributed by atoms with Gasteiger partial charge in [-0.25, -0.2) is 15.0 Å². The fourth-order valence-electron chi connectivity index (χ4n) is 7.90. The van der Waals surface area contributed by atoms with Crippen LogP contribution in [0.2, 0.25) is 0 Å². The number of rotatable bonds is 6. The summed E-state index contributed by atoms with van der Waals surface area (Å²) >= 11 is 0. The number of fused-ring (bicyclic) bond motifs is 5. The van der Waals surface area contributed by atoms with Gasteiger partial charge in [0, 0.05) is 51.6 Å². The quantitative estimate of drug-likeness (QED) is 0.175. The predicted molar refractivity (Wildman–Crippen MR) is 217 cm³/mol. The summed E-state index contributed by atoms with van der Waals surface area (Å²) in [5.41, 5.74) is 16.9. The second-order valence-electron chi connectivity index (χ2n) is 14.2. The van der Waals surface area contributed by atoms with Crippen LogP contribution in [0.1, 0.15) is 25.0 Å². The minimum atomic E-state index is -0.118. The van der Waals surface area contributed by atoms with E-state index in [-0.39, 0.29) is 5.41 Å². The lowest BCUT2D eigenvalue weighted by molar-refractivity contribution is 0.660. The smallest absolute Gasteiger partial charge is 0.137 e. The van der Waals surface area contributed by atoms with Crippen LogP contribution in [0.4, 0.5) is 17.1 Å². The van der Waals surface area contributed by atoms with Crippen LogP contribution >= 0.6 is 0 Å². The van der Waals surface area contributed by atoms with Gasteiger partial charge >= 0.3 is 0 Å². The summed E-state index contributed by atoms with van der Waals surface area (Å²) in [5, 5.41) is 0. The first-order valence-electron chi connectivity index (χ1n) is 18.0. The zero-order valence-electron chi connectivity index (χ0n) is 29.5. The van der Waals surface area contributed by atoms with Crippen LogP contribution in [0.3, 0.4) is 0 Å². The fraction of sp³-hybridized carbons (Fsp3) is 0.0625. The Balaban J connectivity index is 1.09. The average Bonchev–Trinajstić information content (AvgIpc) is 3.75. The molecule has 0 fully saturated rings. The van der Waals surface area contributed by atoms with Crippen LogP contribution in [0.15, 0.2) is 176 Å². The molecular weight excluding hydrogens is 647 g/mol. The number of imidazole rings is 1. The van der Waals surface area contributed by atoms with E-state index in [0.29, 0.717) is 0 Å². The molecule has 1 aliphatic carbocycles. The van der Waals surface area contributed by atoms with Crippen LogP contribution in [-0.2, 0) is 5.41 Å². The number of nitrogens with zero attached hydrogens (tertiary/aromatic N) is 5. The molecule has 0 saturated carbocycles. The van der Waals surface area contributed by atoms with E-state index < -0.39 is 0 Å². The topological polar surface area (TPSA) is 46.3 Å². The van der Waals surface area contributed by atoms with Gasteiger partial charge in [0.2, 0.25) is 0 Å². The van der Waals surface area contributed by atoms with E-state index in [4.69, 9.17) is 15.0 Å². The zero-order chi connectivity index (χ0) is 35.5.